The third-order valence-corrected chi connectivity index (χ3v) is 3.75. The summed E-state index contributed by atoms with van der Waals surface area (Å²) in [7, 11) is 0. The summed E-state index contributed by atoms with van der Waals surface area (Å²) in [4.78, 5) is 23.1. The summed E-state index contributed by atoms with van der Waals surface area (Å²) in [5.41, 5.74) is 0.225. The average Bonchev–Trinajstić information content (AvgIpc) is 2.88. The fourth-order valence-electron chi connectivity index (χ4n) is 1.93. The summed E-state index contributed by atoms with van der Waals surface area (Å²) in [6, 6.07) is 7.29. The van der Waals surface area contributed by atoms with Crippen molar-refractivity contribution in [3.05, 3.63) is 30.0 Å². The van der Waals surface area contributed by atoms with Crippen molar-refractivity contribution in [3.8, 4) is 0 Å². The maximum atomic E-state index is 12.0. The number of aromatic nitrogens is 1. The average molecular weight is 290 g/mol. The van der Waals surface area contributed by atoms with Crippen molar-refractivity contribution < 1.29 is 19.2 Å². The minimum Gasteiger partial charge on any atom is -0.481 e. The van der Waals surface area contributed by atoms with Crippen LogP contribution in [0.2, 0.25) is 0 Å². The Bertz CT molecular complexity index is 664. The molecule has 112 valence electrons. The molecule has 0 aliphatic rings. The molecule has 0 fully saturated rings. The van der Waals surface area contributed by atoms with E-state index >= 15 is 0 Å². The summed E-state index contributed by atoms with van der Waals surface area (Å²) in [6.45, 7) is 3.49. The van der Waals surface area contributed by atoms with Gasteiger partial charge in [-0.05, 0) is 25.5 Å². The number of nitrogens with one attached hydrogen (secondary N) is 1. The molecule has 0 aliphatic heterocycles. The Morgan fingerprint density at radius 3 is 2.76 bits per heavy atom. The molecule has 1 unspecified atom stereocenters. The van der Waals surface area contributed by atoms with Crippen LogP contribution in [-0.2, 0) is 16.0 Å². The smallest absolute Gasteiger partial charge is 0.311 e. The van der Waals surface area contributed by atoms with E-state index in [4.69, 9.17) is 9.63 Å². The zero-order valence-electron chi connectivity index (χ0n) is 12.0. The largest absolute Gasteiger partial charge is 0.481 e. The lowest BCUT2D eigenvalue weighted by atomic mass is 9.87. The second kappa shape index (κ2) is 5.95. The number of hydrogen-bond acceptors (Lipinski definition) is 4. The zero-order valence-corrected chi connectivity index (χ0v) is 12.0. The molecular weight excluding hydrogens is 272 g/mol. The fraction of sp³-hybridized carbons (Fsp3) is 0.400. The van der Waals surface area contributed by atoms with Gasteiger partial charge in [-0.25, -0.2) is 0 Å². The lowest BCUT2D eigenvalue weighted by molar-refractivity contribution is -0.148. The van der Waals surface area contributed by atoms with Gasteiger partial charge in [0.2, 0.25) is 5.91 Å². The molecule has 6 nitrogen and oxygen atoms in total. The first-order chi connectivity index (χ1) is 9.96. The second-order valence-electron chi connectivity index (χ2n) is 5.30. The van der Waals surface area contributed by atoms with Gasteiger partial charge in [0.25, 0.3) is 0 Å². The van der Waals surface area contributed by atoms with E-state index in [1.807, 2.05) is 18.2 Å². The number of amides is 1. The van der Waals surface area contributed by atoms with Gasteiger partial charge >= 0.3 is 5.97 Å². The van der Waals surface area contributed by atoms with Crippen LogP contribution in [0.25, 0.3) is 11.0 Å². The van der Waals surface area contributed by atoms with Crippen molar-refractivity contribution in [3.63, 3.8) is 0 Å². The van der Waals surface area contributed by atoms with Gasteiger partial charge in [0.15, 0.2) is 5.58 Å². The number of carbonyl (C=O) groups is 2. The third kappa shape index (κ3) is 3.21. The molecule has 2 N–H and O–H groups in total. The van der Waals surface area contributed by atoms with E-state index in [0.717, 1.165) is 5.39 Å². The van der Waals surface area contributed by atoms with Crippen molar-refractivity contribution in [1.29, 1.82) is 0 Å². The highest BCUT2D eigenvalue weighted by atomic mass is 16.5. The minimum atomic E-state index is -0.957. The summed E-state index contributed by atoms with van der Waals surface area (Å²) in [6.07, 6.45) is 0.506. The molecule has 0 radical (unpaired) electrons. The number of fused-ring (bicyclic) bond motifs is 1. The highest BCUT2D eigenvalue weighted by Crippen LogP contribution is 2.21. The van der Waals surface area contributed by atoms with E-state index < -0.39 is 11.4 Å². The lowest BCUT2D eigenvalue weighted by Gasteiger charge is -2.23. The molecule has 1 aromatic heterocycles. The molecule has 0 bridgehead atoms. The first-order valence-corrected chi connectivity index (χ1v) is 6.79. The topological polar surface area (TPSA) is 92.4 Å². The molecule has 0 spiro atoms. The van der Waals surface area contributed by atoms with Crippen molar-refractivity contribution in [1.82, 2.24) is 10.5 Å². The van der Waals surface area contributed by atoms with Gasteiger partial charge in [-0.1, -0.05) is 24.2 Å². The first kappa shape index (κ1) is 15.0. The SMILES string of the molecule is CCC(C)(CNC(=O)Cc1noc2ccccc12)C(=O)O. The van der Waals surface area contributed by atoms with Gasteiger partial charge in [-0.15, -0.1) is 0 Å². The Morgan fingerprint density at radius 1 is 1.38 bits per heavy atom. The van der Waals surface area contributed by atoms with Gasteiger partial charge < -0.3 is 14.9 Å². The molecule has 2 rings (SSSR count). The monoisotopic (exact) mass is 290 g/mol. The lowest BCUT2D eigenvalue weighted by Crippen LogP contribution is -2.41. The second-order valence-corrected chi connectivity index (χ2v) is 5.30. The molecular formula is C15H18N2O4. The standard InChI is InChI=1S/C15H18N2O4/c1-3-15(2,14(19)20)9-16-13(18)8-11-10-6-4-5-7-12(10)21-17-11/h4-7H,3,8-9H2,1-2H3,(H,16,18)(H,19,20). The maximum absolute atomic E-state index is 12.0. The van der Waals surface area contributed by atoms with Crippen LogP contribution < -0.4 is 5.32 Å². The van der Waals surface area contributed by atoms with Gasteiger partial charge in [0, 0.05) is 11.9 Å². The van der Waals surface area contributed by atoms with Gasteiger partial charge in [-0.3, -0.25) is 9.59 Å². The Morgan fingerprint density at radius 2 is 2.10 bits per heavy atom. The number of hydrogen-bond donors (Lipinski definition) is 2. The van der Waals surface area contributed by atoms with Crippen LogP contribution in [0, 0.1) is 5.41 Å². The Labute approximate surface area is 122 Å². The maximum Gasteiger partial charge on any atom is 0.311 e. The molecule has 0 saturated heterocycles. The van der Waals surface area contributed by atoms with Crippen molar-refractivity contribution in [2.75, 3.05) is 6.54 Å². The van der Waals surface area contributed by atoms with E-state index in [0.29, 0.717) is 17.7 Å². The summed E-state index contributed by atoms with van der Waals surface area (Å²) in [5, 5.41) is 16.5. The van der Waals surface area contributed by atoms with Crippen molar-refractivity contribution >= 4 is 22.8 Å². The molecule has 21 heavy (non-hydrogen) atoms. The first-order valence-electron chi connectivity index (χ1n) is 6.79. The van der Waals surface area contributed by atoms with Crippen molar-refractivity contribution in [2.24, 2.45) is 5.41 Å². The Balaban J connectivity index is 2.01. The van der Waals surface area contributed by atoms with Crippen LogP contribution in [0.1, 0.15) is 26.0 Å². The van der Waals surface area contributed by atoms with Crippen molar-refractivity contribution in [2.45, 2.75) is 26.7 Å². The number of carboxylic acid groups (broad SMARTS) is 1. The number of carboxylic acids is 1. The van der Waals surface area contributed by atoms with E-state index in [1.165, 1.54) is 0 Å². The van der Waals surface area contributed by atoms with E-state index in [2.05, 4.69) is 10.5 Å². The van der Waals surface area contributed by atoms with Crippen LogP contribution in [0.5, 0.6) is 0 Å². The van der Waals surface area contributed by atoms with Gasteiger partial charge in [0.05, 0.1) is 11.8 Å². The third-order valence-electron chi connectivity index (χ3n) is 3.75. The highest BCUT2D eigenvalue weighted by molar-refractivity contribution is 5.86. The molecule has 0 saturated carbocycles. The fourth-order valence-corrected chi connectivity index (χ4v) is 1.93. The molecule has 1 atom stereocenters. The Kier molecular flexibility index (Phi) is 4.26. The van der Waals surface area contributed by atoms with E-state index in [-0.39, 0.29) is 18.9 Å². The normalized spacial score (nSPS) is 13.8. The number of para-hydroxylation sites is 1. The van der Waals surface area contributed by atoms with E-state index in [1.54, 1.807) is 19.9 Å². The summed E-state index contributed by atoms with van der Waals surface area (Å²) in [5.74, 6) is -1.19. The van der Waals surface area contributed by atoms with Crippen LogP contribution >= 0.6 is 0 Å². The van der Waals surface area contributed by atoms with Crippen LogP contribution in [0.4, 0.5) is 0 Å². The molecule has 1 amide bonds. The predicted molar refractivity (Wildman–Crippen MR) is 76.8 cm³/mol. The molecule has 0 aliphatic carbocycles. The van der Waals surface area contributed by atoms with Gasteiger partial charge in [-0.2, -0.15) is 0 Å². The number of rotatable bonds is 6. The van der Waals surface area contributed by atoms with Crippen LogP contribution in [-0.4, -0.2) is 28.7 Å². The molecule has 1 aromatic carbocycles. The molecule has 1 heterocycles. The Hall–Kier alpha value is -2.37. The van der Waals surface area contributed by atoms with Gasteiger partial charge in [0.1, 0.15) is 5.69 Å². The van der Waals surface area contributed by atoms with Crippen LogP contribution in [0.15, 0.2) is 28.8 Å². The minimum absolute atomic E-state index is 0.0659. The highest BCUT2D eigenvalue weighted by Gasteiger charge is 2.31. The summed E-state index contributed by atoms with van der Waals surface area (Å²) >= 11 is 0. The number of nitrogens with zero attached hydrogens (tertiary/aromatic N) is 1. The molecule has 2 aromatic rings. The van der Waals surface area contributed by atoms with Crippen LogP contribution in [0.3, 0.4) is 0 Å². The predicted octanol–water partition coefficient (Wildman–Crippen LogP) is 1.99. The number of carbonyl (C=O) groups excluding carboxylic acids is 1. The number of benzene rings is 1. The zero-order chi connectivity index (χ0) is 15.5. The molecule has 6 heteroatoms. The summed E-state index contributed by atoms with van der Waals surface area (Å²) < 4.78 is 5.13. The quantitative estimate of drug-likeness (QED) is 0.848. The van der Waals surface area contributed by atoms with E-state index in [9.17, 15) is 9.59 Å². The number of aliphatic carboxylic acids is 1.